The van der Waals surface area contributed by atoms with Gasteiger partial charge < -0.3 is 25.3 Å². The number of hydrogen-bond acceptors (Lipinski definition) is 4. The summed E-state index contributed by atoms with van der Waals surface area (Å²) in [6, 6.07) is 0.706. The molecule has 2 heterocycles. The van der Waals surface area contributed by atoms with Crippen molar-refractivity contribution in [1.82, 2.24) is 15.1 Å². The number of carbonyl (C=O) groups is 3. The van der Waals surface area contributed by atoms with Crippen molar-refractivity contribution in [2.24, 2.45) is 5.92 Å². The van der Waals surface area contributed by atoms with Crippen LogP contribution in [-0.4, -0.2) is 82.4 Å². The fourth-order valence-electron chi connectivity index (χ4n) is 3.59. The van der Waals surface area contributed by atoms with Crippen molar-refractivity contribution in [1.29, 1.82) is 0 Å². The third-order valence-electron chi connectivity index (χ3n) is 4.98. The third kappa shape index (κ3) is 4.77. The highest BCUT2D eigenvalue weighted by Gasteiger charge is 2.42. The second-order valence-corrected chi connectivity index (χ2v) is 6.63. The molecule has 8 nitrogen and oxygen atoms in total. The van der Waals surface area contributed by atoms with Gasteiger partial charge in [0.15, 0.2) is 0 Å². The first kappa shape index (κ1) is 20.3. The topological polar surface area (TPSA) is 110 Å². The van der Waals surface area contributed by atoms with E-state index in [0.717, 1.165) is 39.0 Å². The molecule has 0 radical (unpaired) electrons. The highest BCUT2D eigenvalue weighted by molar-refractivity contribution is 5.78. The molecule has 3 fully saturated rings. The van der Waals surface area contributed by atoms with E-state index in [1.54, 1.807) is 0 Å². The van der Waals surface area contributed by atoms with Gasteiger partial charge >= 0.3 is 24.1 Å². The number of amides is 2. The van der Waals surface area contributed by atoms with E-state index in [4.69, 9.17) is 15.0 Å². The van der Waals surface area contributed by atoms with Gasteiger partial charge in [0.25, 0.3) is 0 Å². The SMILES string of the molecule is O=C(O)C(F)(F)F.O=C1N2CCNCC2CN1[C@H]1CC[C@H](C(=O)O)CC1. The van der Waals surface area contributed by atoms with Gasteiger partial charge in [-0.25, -0.2) is 9.59 Å². The van der Waals surface area contributed by atoms with E-state index in [-0.39, 0.29) is 18.0 Å². The zero-order valence-electron chi connectivity index (χ0n) is 14.0. The molecule has 1 aliphatic carbocycles. The molecular weight excluding hydrogens is 359 g/mol. The standard InChI is InChI=1S/C13H21N3O3.C2HF3O2/c17-12(18)9-1-3-10(4-2-9)16-8-11-7-14-5-6-15(11)13(16)19;3-2(4,5)1(6)7/h9-11,14H,1-8H2,(H,17,18);(H,6,7)/t9-,10-,11?;. The minimum atomic E-state index is -5.08. The van der Waals surface area contributed by atoms with Crippen molar-refractivity contribution in [3.63, 3.8) is 0 Å². The predicted molar refractivity (Wildman–Crippen MR) is 82.5 cm³/mol. The highest BCUT2D eigenvalue weighted by Crippen LogP contribution is 2.31. The molecule has 26 heavy (non-hydrogen) atoms. The van der Waals surface area contributed by atoms with E-state index in [1.165, 1.54) is 0 Å². The maximum atomic E-state index is 12.4. The summed E-state index contributed by atoms with van der Waals surface area (Å²) in [4.78, 5) is 36.2. The maximum absolute atomic E-state index is 12.4. The third-order valence-corrected chi connectivity index (χ3v) is 4.98. The number of aliphatic carboxylic acids is 2. The molecule has 1 atom stereocenters. The summed E-state index contributed by atoms with van der Waals surface area (Å²) in [5.41, 5.74) is 0. The van der Waals surface area contributed by atoms with E-state index in [9.17, 15) is 22.8 Å². The summed E-state index contributed by atoms with van der Waals surface area (Å²) in [5.74, 6) is -3.65. The molecule has 2 saturated heterocycles. The van der Waals surface area contributed by atoms with Crippen molar-refractivity contribution in [3.8, 4) is 0 Å². The van der Waals surface area contributed by atoms with Gasteiger partial charge in [0.05, 0.1) is 12.0 Å². The predicted octanol–water partition coefficient (Wildman–Crippen LogP) is 0.972. The molecular formula is C15H22F3N3O5. The smallest absolute Gasteiger partial charge is 0.481 e. The van der Waals surface area contributed by atoms with Gasteiger partial charge in [0.2, 0.25) is 0 Å². The molecule has 0 bridgehead atoms. The van der Waals surface area contributed by atoms with Crippen LogP contribution in [0.25, 0.3) is 0 Å². The van der Waals surface area contributed by atoms with Crippen LogP contribution >= 0.6 is 0 Å². The summed E-state index contributed by atoms with van der Waals surface area (Å²) >= 11 is 0. The summed E-state index contributed by atoms with van der Waals surface area (Å²) in [6.45, 7) is 3.35. The quantitative estimate of drug-likeness (QED) is 0.658. The zero-order chi connectivity index (χ0) is 19.5. The van der Waals surface area contributed by atoms with E-state index in [0.29, 0.717) is 18.9 Å². The lowest BCUT2D eigenvalue weighted by Gasteiger charge is -2.33. The molecule has 11 heteroatoms. The second-order valence-electron chi connectivity index (χ2n) is 6.63. The van der Waals surface area contributed by atoms with Gasteiger partial charge in [-0.1, -0.05) is 0 Å². The Morgan fingerprint density at radius 2 is 1.62 bits per heavy atom. The second kappa shape index (κ2) is 8.11. The Morgan fingerprint density at radius 3 is 2.08 bits per heavy atom. The number of carboxylic acids is 2. The number of halogens is 3. The Labute approximate surface area is 147 Å². The first-order chi connectivity index (χ1) is 12.1. The van der Waals surface area contributed by atoms with Crippen LogP contribution in [0.3, 0.4) is 0 Å². The molecule has 0 spiro atoms. The van der Waals surface area contributed by atoms with Crippen molar-refractivity contribution in [2.45, 2.75) is 43.9 Å². The molecule has 148 valence electrons. The highest BCUT2D eigenvalue weighted by atomic mass is 19.4. The van der Waals surface area contributed by atoms with Crippen molar-refractivity contribution in [3.05, 3.63) is 0 Å². The largest absolute Gasteiger partial charge is 0.490 e. The molecule has 1 saturated carbocycles. The van der Waals surface area contributed by atoms with Crippen LogP contribution in [-0.2, 0) is 9.59 Å². The number of nitrogens with zero attached hydrogens (tertiary/aromatic N) is 2. The lowest BCUT2D eigenvalue weighted by Crippen LogP contribution is -2.50. The van der Waals surface area contributed by atoms with Crippen LogP contribution in [0, 0.1) is 5.92 Å². The minimum Gasteiger partial charge on any atom is -0.481 e. The average Bonchev–Trinajstić information content (AvgIpc) is 2.92. The molecule has 0 aromatic carbocycles. The first-order valence-electron chi connectivity index (χ1n) is 8.42. The Morgan fingerprint density at radius 1 is 1.04 bits per heavy atom. The van der Waals surface area contributed by atoms with Crippen LogP contribution in [0.4, 0.5) is 18.0 Å². The fourth-order valence-corrected chi connectivity index (χ4v) is 3.59. The van der Waals surface area contributed by atoms with Crippen LogP contribution in [0.15, 0.2) is 0 Å². The van der Waals surface area contributed by atoms with Gasteiger partial charge in [-0.15, -0.1) is 0 Å². The minimum absolute atomic E-state index is 0.158. The van der Waals surface area contributed by atoms with Gasteiger partial charge in [0.1, 0.15) is 0 Å². The Hall–Kier alpha value is -2.04. The monoisotopic (exact) mass is 381 g/mol. The summed E-state index contributed by atoms with van der Waals surface area (Å²) < 4.78 is 31.7. The molecule has 2 amide bonds. The van der Waals surface area contributed by atoms with Gasteiger partial charge in [0, 0.05) is 32.2 Å². The van der Waals surface area contributed by atoms with Crippen molar-refractivity contribution >= 4 is 18.0 Å². The van der Waals surface area contributed by atoms with Crippen LogP contribution < -0.4 is 5.32 Å². The van der Waals surface area contributed by atoms with Gasteiger partial charge in [-0.2, -0.15) is 13.2 Å². The first-order valence-corrected chi connectivity index (χ1v) is 8.42. The zero-order valence-corrected chi connectivity index (χ0v) is 14.0. The lowest BCUT2D eigenvalue weighted by molar-refractivity contribution is -0.192. The summed E-state index contributed by atoms with van der Waals surface area (Å²) in [5, 5.41) is 19.5. The molecule has 3 rings (SSSR count). The van der Waals surface area contributed by atoms with E-state index in [2.05, 4.69) is 5.32 Å². The number of rotatable bonds is 2. The Bertz CT molecular complexity index is 549. The molecule has 3 N–H and O–H groups in total. The van der Waals surface area contributed by atoms with E-state index < -0.39 is 18.1 Å². The number of piperazine rings is 1. The molecule has 3 aliphatic rings. The van der Waals surface area contributed by atoms with E-state index in [1.807, 2.05) is 9.80 Å². The van der Waals surface area contributed by atoms with E-state index >= 15 is 0 Å². The fraction of sp³-hybridized carbons (Fsp3) is 0.800. The van der Waals surface area contributed by atoms with Crippen LogP contribution in [0.5, 0.6) is 0 Å². The number of hydrogen-bond donors (Lipinski definition) is 3. The Balaban J connectivity index is 0.000000298. The molecule has 2 aliphatic heterocycles. The van der Waals surface area contributed by atoms with Gasteiger partial charge in [-0.3, -0.25) is 4.79 Å². The molecule has 1 unspecified atom stereocenters. The van der Waals surface area contributed by atoms with Crippen LogP contribution in [0.1, 0.15) is 25.7 Å². The van der Waals surface area contributed by atoms with Crippen LogP contribution in [0.2, 0.25) is 0 Å². The average molecular weight is 381 g/mol. The normalized spacial score (nSPS) is 28.9. The van der Waals surface area contributed by atoms with Crippen molar-refractivity contribution < 1.29 is 37.8 Å². The summed E-state index contributed by atoms with van der Waals surface area (Å²) in [6.07, 6.45) is -2.02. The number of carboxylic acid groups (broad SMARTS) is 2. The maximum Gasteiger partial charge on any atom is 0.490 e. The molecule has 0 aromatic heterocycles. The lowest BCUT2D eigenvalue weighted by atomic mass is 9.85. The van der Waals surface area contributed by atoms with Crippen molar-refractivity contribution in [2.75, 3.05) is 26.2 Å². The number of carbonyl (C=O) groups excluding carboxylic acids is 1. The number of nitrogens with one attached hydrogen (secondary N) is 1. The Kier molecular flexibility index (Phi) is 6.32. The number of urea groups is 1. The number of alkyl halides is 3. The van der Waals surface area contributed by atoms with Gasteiger partial charge in [-0.05, 0) is 25.7 Å². The molecule has 0 aromatic rings. The summed E-state index contributed by atoms with van der Waals surface area (Å²) in [7, 11) is 0. The number of fused-ring (bicyclic) bond motifs is 1.